The molecule has 1 aliphatic heterocycles. The predicted octanol–water partition coefficient (Wildman–Crippen LogP) is 8.35. The summed E-state index contributed by atoms with van der Waals surface area (Å²) in [6.07, 6.45) is 6.39. The standard InChI is InChI=1S/C38H35NO3/c1-24-21-27(16-18-33(24)39(2)3)38(26-12-7-6-8-13-26)20-19-30-32-23-35(41-5)34(40-4)22-31(32)29-17-15-25-11-9-10-14-28(25)36(29)37(30)42-38/h6-14,16,18-23H,15,17H2,1-5H3. The second kappa shape index (κ2) is 9.99. The van der Waals surface area contributed by atoms with Gasteiger partial charge in [-0.05, 0) is 89.2 Å². The maximum absolute atomic E-state index is 7.47. The summed E-state index contributed by atoms with van der Waals surface area (Å²) in [4.78, 5) is 2.16. The SMILES string of the molecule is COc1cc2c3c(c4c(c2cc1OC)CCc1ccccc1-4)OC(c1ccccc1)(c1ccc(N(C)C)c(C)c1)C=C3. The summed E-state index contributed by atoms with van der Waals surface area (Å²) in [6, 6.07) is 30.2. The van der Waals surface area contributed by atoms with E-state index in [1.807, 2.05) is 0 Å². The van der Waals surface area contributed by atoms with Crippen LogP contribution in [-0.4, -0.2) is 28.3 Å². The molecular formula is C38H35NO3. The zero-order chi connectivity index (χ0) is 29.0. The summed E-state index contributed by atoms with van der Waals surface area (Å²) >= 11 is 0. The van der Waals surface area contributed by atoms with Crippen molar-refractivity contribution >= 4 is 22.5 Å². The van der Waals surface area contributed by atoms with E-state index in [-0.39, 0.29) is 0 Å². The van der Waals surface area contributed by atoms with Crippen molar-refractivity contribution in [3.8, 4) is 28.4 Å². The van der Waals surface area contributed by atoms with E-state index in [0.717, 1.165) is 46.4 Å². The van der Waals surface area contributed by atoms with Gasteiger partial charge in [-0.15, -0.1) is 0 Å². The lowest BCUT2D eigenvalue weighted by molar-refractivity contribution is 0.162. The van der Waals surface area contributed by atoms with E-state index >= 15 is 0 Å². The van der Waals surface area contributed by atoms with Crippen molar-refractivity contribution in [1.82, 2.24) is 0 Å². The molecule has 0 N–H and O–H groups in total. The number of methoxy groups -OCH3 is 2. The molecule has 0 bridgehead atoms. The molecule has 1 aliphatic carbocycles. The van der Waals surface area contributed by atoms with Crippen molar-refractivity contribution < 1.29 is 14.2 Å². The van der Waals surface area contributed by atoms with Gasteiger partial charge in [0.2, 0.25) is 0 Å². The fraction of sp³-hybridized carbons (Fsp3) is 0.211. The third-order valence-corrected chi connectivity index (χ3v) is 8.90. The molecule has 0 spiro atoms. The molecule has 0 aromatic heterocycles. The zero-order valence-electron chi connectivity index (χ0n) is 24.8. The number of nitrogens with zero attached hydrogens (tertiary/aromatic N) is 1. The molecule has 0 amide bonds. The Morgan fingerprint density at radius 2 is 1.48 bits per heavy atom. The minimum atomic E-state index is -0.797. The van der Waals surface area contributed by atoms with E-state index in [4.69, 9.17) is 14.2 Å². The topological polar surface area (TPSA) is 30.9 Å². The maximum Gasteiger partial charge on any atom is 0.178 e. The number of aryl methyl sites for hydroxylation is 3. The van der Waals surface area contributed by atoms with Crippen LogP contribution in [0.15, 0.2) is 91.0 Å². The van der Waals surface area contributed by atoms with Crippen molar-refractivity contribution in [2.24, 2.45) is 0 Å². The number of rotatable bonds is 5. The van der Waals surface area contributed by atoms with Gasteiger partial charge in [0, 0.05) is 42.0 Å². The summed E-state index contributed by atoms with van der Waals surface area (Å²) in [5.41, 5.74) is 9.92. The molecule has 2 aliphatic rings. The molecule has 5 aromatic carbocycles. The van der Waals surface area contributed by atoms with Crippen LogP contribution in [-0.2, 0) is 18.4 Å². The summed E-state index contributed by atoms with van der Waals surface area (Å²) in [7, 11) is 7.56. The van der Waals surface area contributed by atoms with Gasteiger partial charge in [-0.2, -0.15) is 0 Å². The molecule has 5 aromatic rings. The number of benzene rings is 5. The first-order valence-corrected chi connectivity index (χ1v) is 14.5. The molecular weight excluding hydrogens is 518 g/mol. The van der Waals surface area contributed by atoms with Gasteiger partial charge in [-0.25, -0.2) is 0 Å². The second-order valence-corrected chi connectivity index (χ2v) is 11.4. The number of hydrogen-bond acceptors (Lipinski definition) is 4. The lowest BCUT2D eigenvalue weighted by Crippen LogP contribution is -2.35. The first-order chi connectivity index (χ1) is 20.4. The number of hydrogen-bond donors (Lipinski definition) is 0. The van der Waals surface area contributed by atoms with Crippen LogP contribution in [0, 0.1) is 6.92 Å². The minimum Gasteiger partial charge on any atom is -0.493 e. The van der Waals surface area contributed by atoms with Crippen LogP contribution >= 0.6 is 0 Å². The summed E-state index contributed by atoms with van der Waals surface area (Å²) in [5, 5.41) is 2.29. The fourth-order valence-corrected chi connectivity index (χ4v) is 6.88. The fourth-order valence-electron chi connectivity index (χ4n) is 6.88. The molecule has 210 valence electrons. The van der Waals surface area contributed by atoms with Crippen molar-refractivity contribution in [2.75, 3.05) is 33.2 Å². The van der Waals surface area contributed by atoms with Crippen LogP contribution in [0.2, 0.25) is 0 Å². The number of fused-ring (bicyclic) bond motifs is 8. The highest BCUT2D eigenvalue weighted by molar-refractivity contribution is 6.04. The van der Waals surface area contributed by atoms with E-state index in [1.165, 1.54) is 38.9 Å². The van der Waals surface area contributed by atoms with Crippen LogP contribution in [0.3, 0.4) is 0 Å². The Morgan fingerprint density at radius 3 is 2.19 bits per heavy atom. The zero-order valence-corrected chi connectivity index (χ0v) is 24.8. The molecule has 0 radical (unpaired) electrons. The molecule has 1 unspecified atom stereocenters. The monoisotopic (exact) mass is 553 g/mol. The smallest absolute Gasteiger partial charge is 0.178 e. The van der Waals surface area contributed by atoms with Gasteiger partial charge in [0.05, 0.1) is 14.2 Å². The van der Waals surface area contributed by atoms with Crippen LogP contribution in [0.4, 0.5) is 5.69 Å². The molecule has 1 atom stereocenters. The van der Waals surface area contributed by atoms with Gasteiger partial charge < -0.3 is 19.1 Å². The Kier molecular flexibility index (Phi) is 6.23. The first kappa shape index (κ1) is 26.2. The normalized spacial score (nSPS) is 16.7. The molecule has 0 fully saturated rings. The number of ether oxygens (including phenoxy) is 3. The van der Waals surface area contributed by atoms with Crippen LogP contribution in [0.25, 0.3) is 28.0 Å². The predicted molar refractivity (Wildman–Crippen MR) is 172 cm³/mol. The third-order valence-electron chi connectivity index (χ3n) is 8.90. The molecule has 42 heavy (non-hydrogen) atoms. The van der Waals surface area contributed by atoms with Crippen molar-refractivity contribution in [2.45, 2.75) is 25.4 Å². The molecule has 0 saturated carbocycles. The van der Waals surface area contributed by atoms with E-state index < -0.39 is 5.60 Å². The highest BCUT2D eigenvalue weighted by Crippen LogP contribution is 2.54. The van der Waals surface area contributed by atoms with Gasteiger partial charge >= 0.3 is 0 Å². The number of anilines is 1. The Bertz CT molecular complexity index is 1870. The van der Waals surface area contributed by atoms with Gasteiger partial charge in [0.15, 0.2) is 17.1 Å². The second-order valence-electron chi connectivity index (χ2n) is 11.4. The van der Waals surface area contributed by atoms with Crippen molar-refractivity contribution in [3.63, 3.8) is 0 Å². The average Bonchev–Trinajstić information content (AvgIpc) is 3.03. The van der Waals surface area contributed by atoms with Gasteiger partial charge in [-0.1, -0.05) is 60.7 Å². The quantitative estimate of drug-likeness (QED) is 0.219. The highest BCUT2D eigenvalue weighted by atomic mass is 16.5. The summed E-state index contributed by atoms with van der Waals surface area (Å²) in [6.45, 7) is 2.17. The van der Waals surface area contributed by atoms with Crippen molar-refractivity contribution in [1.29, 1.82) is 0 Å². The van der Waals surface area contributed by atoms with E-state index in [9.17, 15) is 0 Å². The Hall–Kier alpha value is -4.70. The Balaban J connectivity index is 1.56. The minimum absolute atomic E-state index is 0.714. The molecule has 4 heteroatoms. The summed E-state index contributed by atoms with van der Waals surface area (Å²) in [5.74, 6) is 2.37. The average molecular weight is 554 g/mol. The molecule has 1 heterocycles. The van der Waals surface area contributed by atoms with E-state index in [0.29, 0.717) is 5.75 Å². The molecule has 7 rings (SSSR count). The Labute approximate surface area is 247 Å². The third kappa shape index (κ3) is 3.89. The summed E-state index contributed by atoms with van der Waals surface area (Å²) < 4.78 is 19.0. The maximum atomic E-state index is 7.47. The molecule has 4 nitrogen and oxygen atoms in total. The lowest BCUT2D eigenvalue weighted by atomic mass is 9.78. The first-order valence-electron chi connectivity index (χ1n) is 14.5. The largest absolute Gasteiger partial charge is 0.493 e. The molecule has 0 saturated heterocycles. The lowest BCUT2D eigenvalue weighted by Gasteiger charge is -2.39. The van der Waals surface area contributed by atoms with Crippen LogP contribution in [0.1, 0.15) is 33.4 Å². The van der Waals surface area contributed by atoms with E-state index in [2.05, 4.69) is 123 Å². The van der Waals surface area contributed by atoms with Gasteiger partial charge in [0.1, 0.15) is 5.75 Å². The Morgan fingerprint density at radius 1 is 0.762 bits per heavy atom. The van der Waals surface area contributed by atoms with Gasteiger partial charge in [0.25, 0.3) is 0 Å². The van der Waals surface area contributed by atoms with Crippen LogP contribution < -0.4 is 19.1 Å². The van der Waals surface area contributed by atoms with Crippen LogP contribution in [0.5, 0.6) is 17.2 Å². The van der Waals surface area contributed by atoms with Gasteiger partial charge in [-0.3, -0.25) is 0 Å². The van der Waals surface area contributed by atoms with E-state index in [1.54, 1.807) is 14.2 Å². The van der Waals surface area contributed by atoms with Crippen molar-refractivity contribution in [3.05, 3.63) is 124 Å². The highest BCUT2D eigenvalue weighted by Gasteiger charge is 2.40.